The quantitative estimate of drug-likeness (QED) is 0.774. The normalized spacial score (nSPS) is 11.1. The van der Waals surface area contributed by atoms with Crippen molar-refractivity contribution in [3.63, 3.8) is 0 Å². The van der Waals surface area contributed by atoms with Crippen molar-refractivity contribution in [1.82, 2.24) is 5.32 Å². The summed E-state index contributed by atoms with van der Waals surface area (Å²) >= 11 is 5.75. The van der Waals surface area contributed by atoms with Crippen LogP contribution in [0.4, 0.5) is 5.69 Å². The number of benzene rings is 1. The molecule has 7 heteroatoms. The molecule has 3 N–H and O–H groups in total. The summed E-state index contributed by atoms with van der Waals surface area (Å²) in [4.78, 5) is 10.9. The topological polar surface area (TPSA) is 89.3 Å². The molecule has 1 aromatic rings. The number of amides is 1. The van der Waals surface area contributed by atoms with Gasteiger partial charge in [-0.1, -0.05) is 17.7 Å². The fourth-order valence-corrected chi connectivity index (χ4v) is 3.13. The predicted octanol–water partition coefficient (Wildman–Crippen LogP) is 0.442. The number of hydrogen-bond acceptors (Lipinski definition) is 4. The third-order valence-corrected chi connectivity index (χ3v) is 4.06. The van der Waals surface area contributed by atoms with Gasteiger partial charge in [-0.25, -0.2) is 8.42 Å². The van der Waals surface area contributed by atoms with Gasteiger partial charge in [-0.2, -0.15) is 0 Å². The molecule has 0 atom stereocenters. The standard InChI is InChI=1S/C9H11ClN2O3S/c1-12-8(13)5-16(14,15)9-6(10)3-2-4-7(9)11/h2-4H,5,11H2,1H3,(H,12,13). The summed E-state index contributed by atoms with van der Waals surface area (Å²) in [5.41, 5.74) is 5.57. The first-order valence-electron chi connectivity index (χ1n) is 4.36. The zero-order chi connectivity index (χ0) is 12.3. The lowest BCUT2D eigenvalue weighted by atomic mass is 10.3. The van der Waals surface area contributed by atoms with Gasteiger partial charge in [0.2, 0.25) is 5.91 Å². The van der Waals surface area contributed by atoms with Crippen molar-refractivity contribution in [2.45, 2.75) is 4.90 Å². The summed E-state index contributed by atoms with van der Waals surface area (Å²) in [6.07, 6.45) is 0. The number of sulfone groups is 1. The molecule has 0 spiro atoms. The van der Waals surface area contributed by atoms with Crippen molar-refractivity contribution in [1.29, 1.82) is 0 Å². The molecule has 0 saturated carbocycles. The van der Waals surface area contributed by atoms with E-state index < -0.39 is 21.5 Å². The highest BCUT2D eigenvalue weighted by Crippen LogP contribution is 2.27. The summed E-state index contributed by atoms with van der Waals surface area (Å²) < 4.78 is 23.6. The van der Waals surface area contributed by atoms with Crippen LogP contribution in [0.5, 0.6) is 0 Å². The monoisotopic (exact) mass is 262 g/mol. The maximum atomic E-state index is 11.8. The zero-order valence-electron chi connectivity index (χ0n) is 8.53. The minimum absolute atomic E-state index is 0.0175. The molecule has 0 unspecified atom stereocenters. The maximum Gasteiger partial charge on any atom is 0.235 e. The molecule has 16 heavy (non-hydrogen) atoms. The number of rotatable bonds is 3. The van der Waals surface area contributed by atoms with E-state index in [-0.39, 0.29) is 15.6 Å². The van der Waals surface area contributed by atoms with E-state index in [0.717, 1.165) is 0 Å². The van der Waals surface area contributed by atoms with Crippen molar-refractivity contribution < 1.29 is 13.2 Å². The number of nitrogen functional groups attached to an aromatic ring is 1. The van der Waals surface area contributed by atoms with Crippen LogP contribution in [0.3, 0.4) is 0 Å². The molecule has 5 nitrogen and oxygen atoms in total. The van der Waals surface area contributed by atoms with E-state index in [1.165, 1.54) is 25.2 Å². The maximum absolute atomic E-state index is 11.8. The van der Waals surface area contributed by atoms with Gasteiger partial charge in [-0.05, 0) is 12.1 Å². The largest absolute Gasteiger partial charge is 0.398 e. The van der Waals surface area contributed by atoms with Gasteiger partial charge in [-0.3, -0.25) is 4.79 Å². The molecule has 1 amide bonds. The van der Waals surface area contributed by atoms with Gasteiger partial charge in [0.05, 0.1) is 10.7 Å². The minimum atomic E-state index is -3.80. The molecule has 1 aromatic carbocycles. The Labute approximate surface area is 98.5 Å². The Hall–Kier alpha value is -1.27. The highest BCUT2D eigenvalue weighted by Gasteiger charge is 2.23. The number of hydrogen-bond donors (Lipinski definition) is 2. The second kappa shape index (κ2) is 4.71. The molecule has 0 aliphatic heterocycles. The van der Waals surface area contributed by atoms with E-state index in [1.54, 1.807) is 0 Å². The van der Waals surface area contributed by atoms with Crippen LogP contribution in [-0.4, -0.2) is 27.1 Å². The Kier molecular flexibility index (Phi) is 3.77. The van der Waals surface area contributed by atoms with Gasteiger partial charge in [0, 0.05) is 7.05 Å². The Morgan fingerprint density at radius 2 is 2.12 bits per heavy atom. The number of anilines is 1. The summed E-state index contributed by atoms with van der Waals surface area (Å²) in [6, 6.07) is 4.37. The lowest BCUT2D eigenvalue weighted by Crippen LogP contribution is -2.27. The molecular formula is C9H11ClN2O3S. The van der Waals surface area contributed by atoms with E-state index >= 15 is 0 Å². The average Bonchev–Trinajstić information content (AvgIpc) is 2.16. The van der Waals surface area contributed by atoms with Crippen LogP contribution < -0.4 is 11.1 Å². The number of carbonyl (C=O) groups excluding carboxylic acids is 1. The third-order valence-electron chi connectivity index (χ3n) is 1.91. The van der Waals surface area contributed by atoms with Crippen LogP contribution in [-0.2, 0) is 14.6 Å². The summed E-state index contributed by atoms with van der Waals surface area (Å²) in [7, 11) is -2.45. The van der Waals surface area contributed by atoms with Gasteiger partial charge in [0.25, 0.3) is 0 Å². The van der Waals surface area contributed by atoms with Crippen molar-refractivity contribution in [2.75, 3.05) is 18.5 Å². The number of halogens is 1. The Morgan fingerprint density at radius 3 is 2.62 bits per heavy atom. The number of nitrogens with one attached hydrogen (secondary N) is 1. The van der Waals surface area contributed by atoms with Crippen molar-refractivity contribution in [3.8, 4) is 0 Å². The molecule has 0 aliphatic carbocycles. The first-order valence-corrected chi connectivity index (χ1v) is 6.39. The van der Waals surface area contributed by atoms with Crippen molar-refractivity contribution in [3.05, 3.63) is 23.2 Å². The first kappa shape index (κ1) is 12.8. The highest BCUT2D eigenvalue weighted by atomic mass is 35.5. The summed E-state index contributed by atoms with van der Waals surface area (Å²) in [5, 5.41) is 2.25. The molecule has 1 rings (SSSR count). The lowest BCUT2D eigenvalue weighted by Gasteiger charge is -2.08. The van der Waals surface area contributed by atoms with Gasteiger partial charge in [0.1, 0.15) is 10.6 Å². The Balaban J connectivity index is 3.23. The van der Waals surface area contributed by atoms with Crippen LogP contribution in [0.25, 0.3) is 0 Å². The number of carbonyl (C=O) groups is 1. The molecule has 0 bridgehead atoms. The summed E-state index contributed by atoms with van der Waals surface area (Å²) in [5.74, 6) is -1.28. The van der Waals surface area contributed by atoms with E-state index in [4.69, 9.17) is 17.3 Å². The van der Waals surface area contributed by atoms with E-state index in [2.05, 4.69) is 5.32 Å². The van der Waals surface area contributed by atoms with Gasteiger partial charge in [-0.15, -0.1) is 0 Å². The van der Waals surface area contributed by atoms with Crippen molar-refractivity contribution in [2.24, 2.45) is 0 Å². The molecular weight excluding hydrogens is 252 g/mol. The Bertz CT molecular complexity index is 493. The van der Waals surface area contributed by atoms with Crippen molar-refractivity contribution >= 4 is 33.0 Å². The second-order valence-electron chi connectivity index (χ2n) is 3.09. The predicted molar refractivity (Wildman–Crippen MR) is 62.0 cm³/mol. The molecule has 0 heterocycles. The molecule has 0 radical (unpaired) electrons. The number of nitrogens with two attached hydrogens (primary N) is 1. The molecule has 0 aliphatic rings. The van der Waals surface area contributed by atoms with Crippen LogP contribution in [0, 0.1) is 0 Å². The van der Waals surface area contributed by atoms with Crippen LogP contribution in [0.1, 0.15) is 0 Å². The first-order chi connectivity index (χ1) is 7.38. The van der Waals surface area contributed by atoms with Gasteiger partial charge >= 0.3 is 0 Å². The lowest BCUT2D eigenvalue weighted by molar-refractivity contribution is -0.118. The zero-order valence-corrected chi connectivity index (χ0v) is 10.1. The van der Waals surface area contributed by atoms with E-state index in [9.17, 15) is 13.2 Å². The van der Waals surface area contributed by atoms with Crippen LogP contribution in [0.2, 0.25) is 5.02 Å². The third kappa shape index (κ3) is 2.65. The molecule has 0 fully saturated rings. The van der Waals surface area contributed by atoms with E-state index in [0.29, 0.717) is 0 Å². The van der Waals surface area contributed by atoms with Gasteiger partial charge in [0.15, 0.2) is 9.84 Å². The van der Waals surface area contributed by atoms with Crippen LogP contribution >= 0.6 is 11.6 Å². The van der Waals surface area contributed by atoms with Gasteiger partial charge < -0.3 is 11.1 Å². The van der Waals surface area contributed by atoms with Crippen LogP contribution in [0.15, 0.2) is 23.1 Å². The molecule has 0 aromatic heterocycles. The average molecular weight is 263 g/mol. The highest BCUT2D eigenvalue weighted by molar-refractivity contribution is 7.92. The fraction of sp³-hybridized carbons (Fsp3) is 0.222. The summed E-state index contributed by atoms with van der Waals surface area (Å²) in [6.45, 7) is 0. The molecule has 0 saturated heterocycles. The minimum Gasteiger partial charge on any atom is -0.398 e. The second-order valence-corrected chi connectivity index (χ2v) is 5.42. The Morgan fingerprint density at radius 1 is 1.50 bits per heavy atom. The van der Waals surface area contributed by atoms with E-state index in [1.807, 2.05) is 0 Å². The fourth-order valence-electron chi connectivity index (χ4n) is 1.17. The smallest absolute Gasteiger partial charge is 0.235 e. The SMILES string of the molecule is CNC(=O)CS(=O)(=O)c1c(N)cccc1Cl. The molecule has 88 valence electrons.